The smallest absolute Gasteiger partial charge is 0.224 e. The predicted octanol–water partition coefficient (Wildman–Crippen LogP) is 1.65. The molecule has 0 aliphatic heterocycles. The monoisotopic (exact) mass is 312 g/mol. The van der Waals surface area contributed by atoms with Crippen molar-refractivity contribution in [2.45, 2.75) is 25.8 Å². The number of benzene rings is 1. The Kier molecular flexibility index (Phi) is 8.89. The van der Waals surface area contributed by atoms with Gasteiger partial charge in [0.1, 0.15) is 0 Å². The zero-order valence-electron chi connectivity index (χ0n) is 12.5. The van der Waals surface area contributed by atoms with Crippen LogP contribution in [-0.2, 0) is 26.9 Å². The molecule has 0 saturated carbocycles. The number of ether oxygens (including phenoxy) is 1. The van der Waals surface area contributed by atoms with Gasteiger partial charge in [-0.25, -0.2) is 0 Å². The third-order valence-corrected chi connectivity index (χ3v) is 4.46. The van der Waals surface area contributed by atoms with Crippen LogP contribution in [0.2, 0.25) is 0 Å². The molecule has 1 amide bonds. The van der Waals surface area contributed by atoms with Crippen LogP contribution in [0.3, 0.4) is 0 Å². The summed E-state index contributed by atoms with van der Waals surface area (Å²) in [5, 5.41) is 2.82. The molecule has 1 atom stereocenters. The zero-order chi connectivity index (χ0) is 15.5. The summed E-state index contributed by atoms with van der Waals surface area (Å²) in [5.41, 5.74) is 7.30. The fraction of sp³-hybridized carbons (Fsp3) is 0.533. The van der Waals surface area contributed by atoms with Crippen molar-refractivity contribution in [2.24, 2.45) is 5.73 Å². The molecule has 118 valence electrons. The molecule has 0 aliphatic rings. The molecule has 0 aromatic heterocycles. The summed E-state index contributed by atoms with van der Waals surface area (Å²) < 4.78 is 16.6. The average molecular weight is 312 g/mol. The van der Waals surface area contributed by atoms with Crippen LogP contribution in [0, 0.1) is 0 Å². The third kappa shape index (κ3) is 7.94. The number of amides is 1. The Morgan fingerprint density at radius 1 is 1.24 bits per heavy atom. The summed E-state index contributed by atoms with van der Waals surface area (Å²) in [6.07, 6.45) is 1.81. The lowest BCUT2D eigenvalue weighted by molar-refractivity contribution is -0.116. The molecule has 6 heteroatoms. The summed E-state index contributed by atoms with van der Waals surface area (Å²) >= 11 is 0. The van der Waals surface area contributed by atoms with E-state index in [0.717, 1.165) is 17.7 Å². The fourth-order valence-corrected chi connectivity index (χ4v) is 2.92. The highest BCUT2D eigenvalue weighted by atomic mass is 32.2. The number of anilines is 1. The summed E-state index contributed by atoms with van der Waals surface area (Å²) in [7, 11) is 0.770. The molecule has 0 saturated heterocycles. The first-order chi connectivity index (χ1) is 10.2. The van der Waals surface area contributed by atoms with E-state index in [9.17, 15) is 9.00 Å². The Bertz CT molecular complexity index is 449. The molecular weight excluding hydrogens is 288 g/mol. The minimum absolute atomic E-state index is 0.0515. The van der Waals surface area contributed by atoms with Crippen LogP contribution in [0.1, 0.15) is 24.8 Å². The summed E-state index contributed by atoms with van der Waals surface area (Å²) in [6.45, 7) is 1.12. The standard InChI is InChI=1S/C15H24N2O3S/c1-20-9-3-11-21(19)10-2-4-15(18)17-14-7-5-13(12-16)6-8-14/h5-8H,2-4,9-12,16H2,1H3,(H,17,18). The first-order valence-electron chi connectivity index (χ1n) is 7.08. The van der Waals surface area contributed by atoms with Gasteiger partial charge >= 0.3 is 0 Å². The molecule has 0 radical (unpaired) electrons. The SMILES string of the molecule is COCCCS(=O)CCCC(=O)Nc1ccc(CN)cc1. The highest BCUT2D eigenvalue weighted by molar-refractivity contribution is 7.84. The molecule has 0 spiro atoms. The van der Waals surface area contributed by atoms with Crippen LogP contribution in [0.15, 0.2) is 24.3 Å². The van der Waals surface area contributed by atoms with Gasteiger partial charge in [0.15, 0.2) is 0 Å². The maximum absolute atomic E-state index is 11.8. The van der Waals surface area contributed by atoms with E-state index in [-0.39, 0.29) is 5.91 Å². The van der Waals surface area contributed by atoms with Crippen molar-refractivity contribution >= 4 is 22.4 Å². The van der Waals surface area contributed by atoms with E-state index in [1.165, 1.54) is 0 Å². The van der Waals surface area contributed by atoms with E-state index in [1.807, 2.05) is 24.3 Å². The Morgan fingerprint density at radius 2 is 1.90 bits per heavy atom. The first kappa shape index (κ1) is 17.8. The third-order valence-electron chi connectivity index (χ3n) is 2.97. The molecule has 1 aromatic rings. The van der Waals surface area contributed by atoms with E-state index in [0.29, 0.717) is 37.5 Å². The molecule has 21 heavy (non-hydrogen) atoms. The summed E-state index contributed by atoms with van der Waals surface area (Å²) in [5.74, 6) is 1.14. The normalized spacial score (nSPS) is 12.1. The number of nitrogens with two attached hydrogens (primary N) is 1. The number of carbonyl (C=O) groups is 1. The number of hydrogen-bond donors (Lipinski definition) is 2. The second-order valence-electron chi connectivity index (χ2n) is 4.75. The van der Waals surface area contributed by atoms with Gasteiger partial charge in [-0.3, -0.25) is 9.00 Å². The molecule has 0 fully saturated rings. The highest BCUT2D eigenvalue weighted by Crippen LogP contribution is 2.10. The lowest BCUT2D eigenvalue weighted by Gasteiger charge is -2.06. The second-order valence-corrected chi connectivity index (χ2v) is 6.44. The molecule has 0 heterocycles. The van der Waals surface area contributed by atoms with Gasteiger partial charge in [-0.2, -0.15) is 0 Å². The van der Waals surface area contributed by atoms with E-state index >= 15 is 0 Å². The largest absolute Gasteiger partial charge is 0.385 e. The van der Waals surface area contributed by atoms with E-state index in [4.69, 9.17) is 10.5 Å². The lowest BCUT2D eigenvalue weighted by Crippen LogP contribution is -2.13. The van der Waals surface area contributed by atoms with Gasteiger partial charge in [0, 0.05) is 54.7 Å². The van der Waals surface area contributed by atoms with Gasteiger partial charge in [-0.05, 0) is 30.5 Å². The van der Waals surface area contributed by atoms with Crippen molar-refractivity contribution in [3.63, 3.8) is 0 Å². The molecule has 1 rings (SSSR count). The van der Waals surface area contributed by atoms with Crippen LogP contribution in [-0.4, -0.2) is 35.3 Å². The van der Waals surface area contributed by atoms with E-state index in [2.05, 4.69) is 5.32 Å². The van der Waals surface area contributed by atoms with E-state index in [1.54, 1.807) is 7.11 Å². The van der Waals surface area contributed by atoms with Crippen molar-refractivity contribution in [2.75, 3.05) is 30.5 Å². The van der Waals surface area contributed by atoms with Gasteiger partial charge in [0.25, 0.3) is 0 Å². The second kappa shape index (κ2) is 10.5. The van der Waals surface area contributed by atoms with Crippen LogP contribution in [0.5, 0.6) is 0 Å². The van der Waals surface area contributed by atoms with Crippen molar-refractivity contribution in [3.8, 4) is 0 Å². The quantitative estimate of drug-likeness (QED) is 0.644. The summed E-state index contributed by atoms with van der Waals surface area (Å²) in [6, 6.07) is 7.45. The predicted molar refractivity (Wildman–Crippen MR) is 86.6 cm³/mol. The van der Waals surface area contributed by atoms with Gasteiger partial charge < -0.3 is 15.8 Å². The fourth-order valence-electron chi connectivity index (χ4n) is 1.81. The van der Waals surface area contributed by atoms with Crippen molar-refractivity contribution < 1.29 is 13.7 Å². The zero-order valence-corrected chi connectivity index (χ0v) is 13.3. The van der Waals surface area contributed by atoms with Gasteiger partial charge in [-0.1, -0.05) is 12.1 Å². The first-order valence-corrected chi connectivity index (χ1v) is 8.57. The lowest BCUT2D eigenvalue weighted by atomic mass is 10.2. The molecule has 0 aliphatic carbocycles. The average Bonchev–Trinajstić information content (AvgIpc) is 2.48. The van der Waals surface area contributed by atoms with E-state index < -0.39 is 10.8 Å². The van der Waals surface area contributed by atoms with Crippen molar-refractivity contribution in [3.05, 3.63) is 29.8 Å². The minimum atomic E-state index is -0.863. The number of hydrogen-bond acceptors (Lipinski definition) is 4. The molecule has 5 nitrogen and oxygen atoms in total. The highest BCUT2D eigenvalue weighted by Gasteiger charge is 2.05. The Morgan fingerprint density at radius 3 is 2.52 bits per heavy atom. The van der Waals surface area contributed by atoms with Gasteiger partial charge in [0.05, 0.1) is 0 Å². The number of rotatable bonds is 10. The molecule has 1 unspecified atom stereocenters. The summed E-state index contributed by atoms with van der Waals surface area (Å²) in [4.78, 5) is 11.8. The van der Waals surface area contributed by atoms with Crippen molar-refractivity contribution in [1.82, 2.24) is 0 Å². The van der Waals surface area contributed by atoms with Crippen molar-refractivity contribution in [1.29, 1.82) is 0 Å². The van der Waals surface area contributed by atoms with Crippen LogP contribution >= 0.6 is 0 Å². The van der Waals surface area contributed by atoms with Gasteiger partial charge in [-0.15, -0.1) is 0 Å². The number of methoxy groups -OCH3 is 1. The molecule has 3 N–H and O–H groups in total. The van der Waals surface area contributed by atoms with Crippen LogP contribution < -0.4 is 11.1 Å². The Balaban J connectivity index is 2.20. The minimum Gasteiger partial charge on any atom is -0.385 e. The maximum Gasteiger partial charge on any atom is 0.224 e. The molecular formula is C15H24N2O3S. The van der Waals surface area contributed by atoms with Gasteiger partial charge in [0.2, 0.25) is 5.91 Å². The van der Waals surface area contributed by atoms with Crippen LogP contribution in [0.4, 0.5) is 5.69 Å². The molecule has 0 bridgehead atoms. The topological polar surface area (TPSA) is 81.4 Å². The number of carbonyl (C=O) groups excluding carboxylic acids is 1. The molecule has 1 aromatic carbocycles. The maximum atomic E-state index is 11.8. The Labute approximate surface area is 128 Å². The number of nitrogens with one attached hydrogen (secondary N) is 1. The Hall–Kier alpha value is -1.24. The van der Waals surface area contributed by atoms with Crippen LogP contribution in [0.25, 0.3) is 0 Å².